The van der Waals surface area contributed by atoms with Crippen molar-refractivity contribution < 1.29 is 9.53 Å². The molecule has 0 fully saturated rings. The van der Waals surface area contributed by atoms with E-state index >= 15 is 0 Å². The molecule has 122 valence electrons. The van der Waals surface area contributed by atoms with Gasteiger partial charge in [0.25, 0.3) is 0 Å². The van der Waals surface area contributed by atoms with Crippen molar-refractivity contribution in [3.63, 3.8) is 0 Å². The quantitative estimate of drug-likeness (QED) is 0.470. The van der Waals surface area contributed by atoms with Crippen LogP contribution in [0.1, 0.15) is 46.0 Å². The number of halogens is 2. The van der Waals surface area contributed by atoms with Crippen molar-refractivity contribution in [2.45, 2.75) is 46.0 Å². The number of methoxy groups -OCH3 is 1. The topological polar surface area (TPSA) is 29.5 Å². The Labute approximate surface area is 150 Å². The lowest BCUT2D eigenvalue weighted by Crippen LogP contribution is -2.28. The number of carbonyl (C=O) groups excluding carboxylic acids is 1. The molecule has 3 nitrogen and oxygen atoms in total. The fraction of sp³-hybridized carbons (Fsp3) is 0.471. The summed E-state index contributed by atoms with van der Waals surface area (Å²) in [7, 11) is 1.63. The van der Waals surface area contributed by atoms with Gasteiger partial charge >= 0.3 is 0 Å². The van der Waals surface area contributed by atoms with E-state index < -0.39 is 0 Å². The van der Waals surface area contributed by atoms with Gasteiger partial charge in [-0.2, -0.15) is 0 Å². The lowest BCUT2D eigenvalue weighted by atomic mass is 10.1. The Morgan fingerprint density at radius 3 is 2.55 bits per heavy atom. The van der Waals surface area contributed by atoms with Crippen molar-refractivity contribution in [3.8, 4) is 5.75 Å². The highest BCUT2D eigenvalue weighted by atomic mass is 79.9. The molecular weight excluding hydrogens is 410 g/mol. The second-order valence-electron chi connectivity index (χ2n) is 5.08. The Bertz CT molecular complexity index is 529. The van der Waals surface area contributed by atoms with Crippen molar-refractivity contribution >= 4 is 43.5 Å². The molecule has 0 bridgehead atoms. The Kier molecular flexibility index (Phi) is 8.79. The third kappa shape index (κ3) is 5.43. The van der Waals surface area contributed by atoms with Gasteiger partial charge in [-0.25, -0.2) is 0 Å². The van der Waals surface area contributed by atoms with Gasteiger partial charge in [0.15, 0.2) is 0 Å². The van der Waals surface area contributed by atoms with Gasteiger partial charge < -0.3 is 4.74 Å². The second-order valence-corrected chi connectivity index (χ2v) is 6.40. The normalized spacial score (nSPS) is 11.4. The number of unbranched alkanes of at least 4 members (excludes halogenated alkanes) is 3. The number of hydrogen-bond donors (Lipinski definition) is 0. The van der Waals surface area contributed by atoms with Crippen LogP contribution in [-0.4, -0.2) is 13.0 Å². The van der Waals surface area contributed by atoms with Crippen molar-refractivity contribution in [3.05, 3.63) is 33.4 Å². The molecule has 5 heteroatoms. The van der Waals surface area contributed by atoms with Crippen LogP contribution >= 0.6 is 31.9 Å². The molecule has 0 N–H and O–H groups in total. The Balaban J connectivity index is 2.99. The Morgan fingerprint density at radius 1 is 1.32 bits per heavy atom. The second kappa shape index (κ2) is 10.1. The minimum atomic E-state index is -0.00735. The van der Waals surface area contributed by atoms with Crippen LogP contribution in [0.2, 0.25) is 0 Å². The fourth-order valence-corrected chi connectivity index (χ4v) is 3.24. The summed E-state index contributed by atoms with van der Waals surface area (Å²) in [4.78, 5) is 15.7. The molecule has 1 aromatic carbocycles. The zero-order chi connectivity index (χ0) is 16.5. The SMILES string of the molecule is CCCCCC/C(=C\Br)N(C(C)=O)c1ccc(OC)cc1Br. The first-order valence-electron chi connectivity index (χ1n) is 7.48. The van der Waals surface area contributed by atoms with Crippen LogP contribution in [0.5, 0.6) is 5.75 Å². The van der Waals surface area contributed by atoms with Gasteiger partial charge in [-0.3, -0.25) is 9.69 Å². The molecule has 0 aliphatic carbocycles. The molecule has 0 saturated heterocycles. The summed E-state index contributed by atoms with van der Waals surface area (Å²) < 4.78 is 6.05. The van der Waals surface area contributed by atoms with Gasteiger partial charge in [-0.15, -0.1) is 0 Å². The van der Waals surface area contributed by atoms with Crippen LogP contribution in [0.4, 0.5) is 5.69 Å². The average molecular weight is 433 g/mol. The first kappa shape index (κ1) is 19.2. The van der Waals surface area contributed by atoms with E-state index in [2.05, 4.69) is 38.8 Å². The molecule has 1 rings (SSSR count). The third-order valence-corrected chi connectivity index (χ3v) is 4.57. The van der Waals surface area contributed by atoms with E-state index in [1.807, 2.05) is 23.2 Å². The maximum atomic E-state index is 12.2. The number of benzene rings is 1. The lowest BCUT2D eigenvalue weighted by molar-refractivity contribution is -0.116. The van der Waals surface area contributed by atoms with Gasteiger partial charge in [0.05, 0.1) is 12.8 Å². The van der Waals surface area contributed by atoms with Crippen LogP contribution < -0.4 is 9.64 Å². The molecule has 0 aliphatic heterocycles. The van der Waals surface area contributed by atoms with E-state index in [4.69, 9.17) is 4.74 Å². The number of anilines is 1. The highest BCUT2D eigenvalue weighted by molar-refractivity contribution is 9.11. The van der Waals surface area contributed by atoms with Gasteiger partial charge in [-0.05, 0) is 47.0 Å². The number of hydrogen-bond acceptors (Lipinski definition) is 2. The van der Waals surface area contributed by atoms with Crippen LogP contribution in [0.25, 0.3) is 0 Å². The molecule has 0 atom stereocenters. The molecule has 0 unspecified atom stereocenters. The van der Waals surface area contributed by atoms with Gasteiger partial charge in [0.1, 0.15) is 5.75 Å². The van der Waals surface area contributed by atoms with E-state index in [1.165, 1.54) is 19.3 Å². The minimum absolute atomic E-state index is 0.00735. The molecule has 0 aliphatic rings. The number of nitrogens with zero attached hydrogens (tertiary/aromatic N) is 1. The van der Waals surface area contributed by atoms with Crippen LogP contribution in [0.3, 0.4) is 0 Å². The molecule has 1 aromatic rings. The summed E-state index contributed by atoms with van der Waals surface area (Å²) in [5, 5.41) is 0. The molecule has 1 amide bonds. The predicted octanol–water partition coefficient (Wildman–Crippen LogP) is 6.02. The third-order valence-electron chi connectivity index (χ3n) is 3.41. The molecule has 22 heavy (non-hydrogen) atoms. The summed E-state index contributed by atoms with van der Waals surface area (Å²) in [5.41, 5.74) is 1.80. The van der Waals surface area contributed by atoms with Crippen molar-refractivity contribution in [1.82, 2.24) is 0 Å². The van der Waals surface area contributed by atoms with Crippen LogP contribution in [0.15, 0.2) is 33.4 Å². The number of amides is 1. The molecule has 0 aromatic heterocycles. The summed E-state index contributed by atoms with van der Waals surface area (Å²) >= 11 is 6.94. The van der Waals surface area contributed by atoms with E-state index in [0.29, 0.717) is 0 Å². The largest absolute Gasteiger partial charge is 0.497 e. The van der Waals surface area contributed by atoms with Gasteiger partial charge in [0, 0.05) is 22.1 Å². The minimum Gasteiger partial charge on any atom is -0.497 e. The maximum absolute atomic E-state index is 12.2. The molecule has 0 spiro atoms. The summed E-state index contributed by atoms with van der Waals surface area (Å²) in [6.07, 6.45) is 5.54. The number of carbonyl (C=O) groups is 1. The van der Waals surface area contributed by atoms with Crippen molar-refractivity contribution in [2.24, 2.45) is 0 Å². The first-order chi connectivity index (χ1) is 10.5. The number of rotatable bonds is 8. The summed E-state index contributed by atoms with van der Waals surface area (Å²) in [6.45, 7) is 3.77. The number of ether oxygens (including phenoxy) is 1. The van der Waals surface area contributed by atoms with Crippen LogP contribution in [0, 0.1) is 0 Å². The van der Waals surface area contributed by atoms with E-state index in [9.17, 15) is 4.79 Å². The van der Waals surface area contributed by atoms with Crippen LogP contribution in [-0.2, 0) is 4.79 Å². The van der Waals surface area contributed by atoms with E-state index in [-0.39, 0.29) is 5.91 Å². The lowest BCUT2D eigenvalue weighted by Gasteiger charge is -2.25. The monoisotopic (exact) mass is 431 g/mol. The first-order valence-corrected chi connectivity index (χ1v) is 9.19. The standard InChI is InChI=1S/C17H23Br2NO2/c1-4-5-6-7-8-14(12-18)20(13(2)21)17-10-9-15(22-3)11-16(17)19/h9-12H,4-8H2,1-3H3/b14-12+. The Morgan fingerprint density at radius 2 is 2.05 bits per heavy atom. The van der Waals surface area contributed by atoms with Gasteiger partial charge in [-0.1, -0.05) is 42.1 Å². The smallest absolute Gasteiger partial charge is 0.228 e. The van der Waals surface area contributed by atoms with E-state index in [0.717, 1.165) is 34.4 Å². The highest BCUT2D eigenvalue weighted by Gasteiger charge is 2.19. The summed E-state index contributed by atoms with van der Waals surface area (Å²) in [6, 6.07) is 5.63. The predicted molar refractivity (Wildman–Crippen MR) is 99.6 cm³/mol. The summed E-state index contributed by atoms with van der Waals surface area (Å²) in [5.74, 6) is 0.749. The molecule has 0 heterocycles. The molecule has 0 radical (unpaired) electrons. The molecular formula is C17H23Br2NO2. The van der Waals surface area contributed by atoms with E-state index in [1.54, 1.807) is 18.9 Å². The zero-order valence-electron chi connectivity index (χ0n) is 13.4. The number of allylic oxidation sites excluding steroid dienone is 1. The maximum Gasteiger partial charge on any atom is 0.228 e. The average Bonchev–Trinajstić information content (AvgIpc) is 2.50. The zero-order valence-corrected chi connectivity index (χ0v) is 16.5. The van der Waals surface area contributed by atoms with Gasteiger partial charge in [0.2, 0.25) is 5.91 Å². The molecule has 0 saturated carbocycles. The van der Waals surface area contributed by atoms with Crippen molar-refractivity contribution in [2.75, 3.05) is 12.0 Å². The fourth-order valence-electron chi connectivity index (χ4n) is 2.27. The highest BCUT2D eigenvalue weighted by Crippen LogP contribution is 2.34. The van der Waals surface area contributed by atoms with Crippen molar-refractivity contribution in [1.29, 1.82) is 0 Å². The Hall–Kier alpha value is -0.810.